The van der Waals surface area contributed by atoms with Crippen molar-refractivity contribution in [3.8, 4) is 0 Å². The lowest BCUT2D eigenvalue weighted by Gasteiger charge is -2.21. The number of nitrogens with two attached hydrogens (primary N) is 1. The second kappa shape index (κ2) is 6.49. The number of sulfonamides is 1. The van der Waals surface area contributed by atoms with Crippen molar-refractivity contribution in [1.29, 1.82) is 0 Å². The lowest BCUT2D eigenvalue weighted by atomic mass is 10.3. The molecule has 0 aliphatic rings. The number of rotatable bonds is 6. The fourth-order valence-electron chi connectivity index (χ4n) is 1.49. The van der Waals surface area contributed by atoms with Gasteiger partial charge in [-0.3, -0.25) is 0 Å². The summed E-state index contributed by atoms with van der Waals surface area (Å²) in [5.74, 6) is -1.11. The highest BCUT2D eigenvalue weighted by Crippen LogP contribution is 2.27. The second-order valence-corrected chi connectivity index (χ2v) is 6.00. The van der Waals surface area contributed by atoms with Crippen LogP contribution in [0.1, 0.15) is 0 Å². The quantitative estimate of drug-likeness (QED) is 0.643. The van der Waals surface area contributed by atoms with Gasteiger partial charge in [0, 0.05) is 18.1 Å². The van der Waals surface area contributed by atoms with Crippen LogP contribution in [0.4, 0.5) is 10.1 Å². The normalized spacial score (nSPS) is 12.1. The van der Waals surface area contributed by atoms with Gasteiger partial charge in [-0.25, -0.2) is 12.8 Å². The average Bonchev–Trinajstić information content (AvgIpc) is 2.33. The predicted octanol–water partition coefficient (Wildman–Crippen LogP) is 0.0366. The summed E-state index contributed by atoms with van der Waals surface area (Å²) < 4.78 is 38.9. The molecule has 1 rings (SSSR count). The Balaban J connectivity index is 3.32. The number of nitrogens with zero attached hydrogens (tertiary/aromatic N) is 1. The summed E-state index contributed by atoms with van der Waals surface area (Å²) in [4.78, 5) is -0.681. The maximum atomic E-state index is 13.8. The van der Waals surface area contributed by atoms with Crippen LogP contribution < -0.4 is 5.73 Å². The third-order valence-corrected chi connectivity index (χ3v) is 4.46. The molecule has 0 saturated heterocycles. The van der Waals surface area contributed by atoms with E-state index >= 15 is 0 Å². The molecule has 4 N–H and O–H groups in total. The minimum atomic E-state index is -4.23. The minimum absolute atomic E-state index is 0.0228. The molecule has 9 heteroatoms. The lowest BCUT2D eigenvalue weighted by molar-refractivity contribution is 0.217. The van der Waals surface area contributed by atoms with Crippen molar-refractivity contribution < 1.29 is 23.0 Å². The number of anilines is 1. The van der Waals surface area contributed by atoms with E-state index in [0.717, 1.165) is 16.4 Å². The molecular weight excluding hydrogens is 299 g/mol. The second-order valence-electron chi connectivity index (χ2n) is 3.66. The maximum absolute atomic E-state index is 13.8. The van der Waals surface area contributed by atoms with Gasteiger partial charge in [-0.05, 0) is 12.1 Å². The van der Waals surface area contributed by atoms with Crippen LogP contribution in [0.3, 0.4) is 0 Å². The molecule has 0 heterocycles. The SMILES string of the molecule is Nc1cc(Cl)cc(S(=O)(=O)N(CCO)CCO)c1F. The van der Waals surface area contributed by atoms with Gasteiger partial charge in [0.1, 0.15) is 4.90 Å². The summed E-state index contributed by atoms with van der Waals surface area (Å²) in [5, 5.41) is 17.6. The van der Waals surface area contributed by atoms with Crippen molar-refractivity contribution in [2.45, 2.75) is 4.90 Å². The lowest BCUT2D eigenvalue weighted by Crippen LogP contribution is -2.36. The molecule has 19 heavy (non-hydrogen) atoms. The first-order chi connectivity index (χ1) is 8.84. The van der Waals surface area contributed by atoms with Gasteiger partial charge in [-0.1, -0.05) is 11.6 Å². The van der Waals surface area contributed by atoms with Gasteiger partial charge in [-0.2, -0.15) is 4.31 Å². The monoisotopic (exact) mass is 312 g/mol. The molecule has 0 unspecified atom stereocenters. The molecule has 0 aliphatic carbocycles. The molecule has 0 aliphatic heterocycles. The summed E-state index contributed by atoms with van der Waals surface area (Å²) in [7, 11) is -4.23. The Kier molecular flexibility index (Phi) is 5.50. The Morgan fingerprint density at radius 1 is 1.26 bits per heavy atom. The molecule has 0 aromatic heterocycles. The molecule has 6 nitrogen and oxygen atoms in total. The van der Waals surface area contributed by atoms with Crippen molar-refractivity contribution in [1.82, 2.24) is 4.31 Å². The third-order valence-electron chi connectivity index (χ3n) is 2.35. The Labute approximate surface area is 115 Å². The van der Waals surface area contributed by atoms with E-state index < -0.39 is 33.9 Å². The topological polar surface area (TPSA) is 104 Å². The van der Waals surface area contributed by atoms with E-state index in [2.05, 4.69) is 0 Å². The van der Waals surface area contributed by atoms with Gasteiger partial charge >= 0.3 is 0 Å². The fraction of sp³-hybridized carbons (Fsp3) is 0.400. The van der Waals surface area contributed by atoms with Crippen LogP contribution in [0.25, 0.3) is 0 Å². The van der Waals surface area contributed by atoms with E-state index in [1.807, 2.05) is 0 Å². The van der Waals surface area contributed by atoms with E-state index in [-0.39, 0.29) is 23.8 Å². The van der Waals surface area contributed by atoms with Crippen LogP contribution in [-0.4, -0.2) is 49.2 Å². The van der Waals surface area contributed by atoms with Gasteiger partial charge in [-0.15, -0.1) is 0 Å². The van der Waals surface area contributed by atoms with Crippen LogP contribution in [0.15, 0.2) is 17.0 Å². The van der Waals surface area contributed by atoms with E-state index in [9.17, 15) is 12.8 Å². The molecule has 1 aromatic rings. The zero-order valence-electron chi connectivity index (χ0n) is 9.88. The van der Waals surface area contributed by atoms with Crippen molar-refractivity contribution in [3.05, 3.63) is 23.0 Å². The number of benzene rings is 1. The zero-order valence-corrected chi connectivity index (χ0v) is 11.5. The highest BCUT2D eigenvalue weighted by molar-refractivity contribution is 7.89. The summed E-state index contributed by atoms with van der Waals surface area (Å²) in [6.07, 6.45) is 0. The first-order valence-corrected chi connectivity index (χ1v) is 7.12. The Bertz CT molecular complexity index is 547. The van der Waals surface area contributed by atoms with Gasteiger partial charge < -0.3 is 15.9 Å². The molecule has 0 saturated carbocycles. The largest absolute Gasteiger partial charge is 0.396 e. The van der Waals surface area contributed by atoms with Crippen molar-refractivity contribution in [3.63, 3.8) is 0 Å². The molecule has 0 spiro atoms. The highest BCUT2D eigenvalue weighted by atomic mass is 35.5. The number of nitrogen functional groups attached to an aromatic ring is 1. The van der Waals surface area contributed by atoms with Gasteiger partial charge in [0.15, 0.2) is 5.82 Å². The Hall–Kier alpha value is -0.930. The van der Waals surface area contributed by atoms with Crippen LogP contribution in [-0.2, 0) is 10.0 Å². The molecule has 1 aromatic carbocycles. The number of aliphatic hydroxyl groups is 2. The van der Waals surface area contributed by atoms with Gasteiger partial charge in [0.2, 0.25) is 10.0 Å². The predicted molar refractivity (Wildman–Crippen MR) is 68.8 cm³/mol. The molecule has 0 bridgehead atoms. The van der Waals surface area contributed by atoms with Crippen LogP contribution >= 0.6 is 11.6 Å². The number of halogens is 2. The van der Waals surface area contributed by atoms with Gasteiger partial charge in [0.25, 0.3) is 0 Å². The Morgan fingerprint density at radius 2 is 1.79 bits per heavy atom. The fourth-order valence-corrected chi connectivity index (χ4v) is 3.32. The summed E-state index contributed by atoms with van der Waals surface area (Å²) in [6.45, 7) is -1.46. The summed E-state index contributed by atoms with van der Waals surface area (Å²) in [5.41, 5.74) is 4.94. The molecule has 0 radical (unpaired) electrons. The average molecular weight is 313 g/mol. The number of aliphatic hydroxyl groups excluding tert-OH is 2. The van der Waals surface area contributed by atoms with Crippen molar-refractivity contribution >= 4 is 27.3 Å². The van der Waals surface area contributed by atoms with E-state index in [1.54, 1.807) is 0 Å². The van der Waals surface area contributed by atoms with Crippen molar-refractivity contribution in [2.24, 2.45) is 0 Å². The van der Waals surface area contributed by atoms with E-state index in [1.165, 1.54) is 0 Å². The first kappa shape index (κ1) is 16.1. The number of hydrogen-bond donors (Lipinski definition) is 3. The smallest absolute Gasteiger partial charge is 0.246 e. The Morgan fingerprint density at radius 3 is 2.26 bits per heavy atom. The standard InChI is InChI=1S/C10H14ClFN2O4S/c11-7-5-8(13)10(12)9(6-7)19(17,18)14(1-3-15)2-4-16/h5-6,15-16H,1-4,13H2. The maximum Gasteiger partial charge on any atom is 0.246 e. The van der Waals surface area contributed by atoms with Crippen molar-refractivity contribution in [2.75, 3.05) is 32.0 Å². The molecule has 108 valence electrons. The molecule has 0 fully saturated rings. The first-order valence-electron chi connectivity index (χ1n) is 5.31. The summed E-state index contributed by atoms with van der Waals surface area (Å²) in [6, 6.07) is 2.03. The van der Waals surface area contributed by atoms with Crippen LogP contribution in [0, 0.1) is 5.82 Å². The van der Waals surface area contributed by atoms with Crippen LogP contribution in [0.5, 0.6) is 0 Å². The van der Waals surface area contributed by atoms with E-state index in [0.29, 0.717) is 0 Å². The minimum Gasteiger partial charge on any atom is -0.396 e. The molecule has 0 amide bonds. The van der Waals surface area contributed by atoms with E-state index in [4.69, 9.17) is 27.5 Å². The van der Waals surface area contributed by atoms with Crippen LogP contribution in [0.2, 0.25) is 5.02 Å². The summed E-state index contributed by atoms with van der Waals surface area (Å²) >= 11 is 5.66. The van der Waals surface area contributed by atoms with Gasteiger partial charge in [0.05, 0.1) is 18.9 Å². The number of hydrogen-bond acceptors (Lipinski definition) is 5. The molecule has 0 atom stereocenters. The third kappa shape index (κ3) is 3.54. The zero-order chi connectivity index (χ0) is 14.6. The molecular formula is C10H14ClFN2O4S. The highest BCUT2D eigenvalue weighted by Gasteiger charge is 2.28.